The van der Waals surface area contributed by atoms with Crippen LogP contribution < -0.4 is 10.1 Å². The second kappa shape index (κ2) is 7.54. The Morgan fingerprint density at radius 2 is 1.87 bits per heavy atom. The number of carbonyl (C=O) groups is 1. The zero-order valence-corrected chi connectivity index (χ0v) is 12.8. The lowest BCUT2D eigenvalue weighted by atomic mass is 10.1. The van der Waals surface area contributed by atoms with Crippen molar-refractivity contribution in [3.8, 4) is 5.75 Å². The molecular formula is C18H17F2NO2. The first kappa shape index (κ1) is 16.7. The van der Waals surface area contributed by atoms with E-state index in [1.165, 1.54) is 43.5 Å². The van der Waals surface area contributed by atoms with Gasteiger partial charge in [0.2, 0.25) is 5.91 Å². The lowest BCUT2D eigenvalue weighted by molar-refractivity contribution is -0.117. The van der Waals surface area contributed by atoms with E-state index >= 15 is 0 Å². The Balaban J connectivity index is 1.98. The van der Waals surface area contributed by atoms with Crippen molar-refractivity contribution in [3.05, 3.63) is 71.3 Å². The summed E-state index contributed by atoms with van der Waals surface area (Å²) >= 11 is 0. The van der Waals surface area contributed by atoms with Gasteiger partial charge in [0.15, 0.2) is 11.6 Å². The van der Waals surface area contributed by atoms with Crippen LogP contribution in [0.1, 0.15) is 24.1 Å². The monoisotopic (exact) mass is 317 g/mol. The molecule has 2 aromatic rings. The van der Waals surface area contributed by atoms with Crippen LogP contribution >= 0.6 is 0 Å². The van der Waals surface area contributed by atoms with Crippen molar-refractivity contribution in [2.24, 2.45) is 0 Å². The third-order valence-corrected chi connectivity index (χ3v) is 3.33. The van der Waals surface area contributed by atoms with Crippen LogP contribution in [-0.4, -0.2) is 13.0 Å². The highest BCUT2D eigenvalue weighted by molar-refractivity contribution is 5.92. The Hall–Kier alpha value is -2.69. The summed E-state index contributed by atoms with van der Waals surface area (Å²) in [6.45, 7) is 1.80. The third kappa shape index (κ3) is 4.64. The first-order chi connectivity index (χ1) is 11.0. The van der Waals surface area contributed by atoms with Crippen molar-refractivity contribution in [1.82, 2.24) is 5.32 Å². The van der Waals surface area contributed by atoms with E-state index in [0.717, 1.165) is 5.56 Å². The fraction of sp³-hybridized carbons (Fsp3) is 0.167. The molecule has 0 aliphatic carbocycles. The maximum Gasteiger partial charge on any atom is 0.244 e. The summed E-state index contributed by atoms with van der Waals surface area (Å²) in [4.78, 5) is 11.9. The van der Waals surface area contributed by atoms with Crippen LogP contribution in [0.25, 0.3) is 6.08 Å². The molecule has 0 saturated heterocycles. The molecule has 0 saturated carbocycles. The molecule has 0 radical (unpaired) electrons. The summed E-state index contributed by atoms with van der Waals surface area (Å²) in [5.41, 5.74) is 1.34. The highest BCUT2D eigenvalue weighted by Gasteiger charge is 2.07. The van der Waals surface area contributed by atoms with Crippen molar-refractivity contribution >= 4 is 12.0 Å². The SMILES string of the molecule is COc1ccc(/C=C/C(=O)N[C@H](C)c2ccc(F)cc2)cc1F. The fourth-order valence-corrected chi connectivity index (χ4v) is 2.05. The molecule has 0 heterocycles. The molecule has 0 aromatic heterocycles. The minimum absolute atomic E-state index is 0.150. The van der Waals surface area contributed by atoms with Crippen LogP contribution in [-0.2, 0) is 4.79 Å². The topological polar surface area (TPSA) is 38.3 Å². The quantitative estimate of drug-likeness (QED) is 0.850. The highest BCUT2D eigenvalue weighted by atomic mass is 19.1. The van der Waals surface area contributed by atoms with Gasteiger partial charge in [0.05, 0.1) is 13.2 Å². The smallest absolute Gasteiger partial charge is 0.244 e. The lowest BCUT2D eigenvalue weighted by Gasteiger charge is -2.12. The summed E-state index contributed by atoms with van der Waals surface area (Å²) in [7, 11) is 1.39. The predicted molar refractivity (Wildman–Crippen MR) is 84.9 cm³/mol. The standard InChI is InChI=1S/C18H17F2NO2/c1-12(14-5-7-15(19)8-6-14)21-18(22)10-4-13-3-9-17(23-2)16(20)11-13/h3-12H,1-2H3,(H,21,22)/b10-4+/t12-/m1/s1. The summed E-state index contributed by atoms with van der Waals surface area (Å²) in [6.07, 6.45) is 2.83. The number of hydrogen-bond donors (Lipinski definition) is 1. The molecule has 1 atom stereocenters. The molecule has 1 amide bonds. The normalized spacial score (nSPS) is 12.2. The van der Waals surface area contributed by atoms with E-state index in [0.29, 0.717) is 5.56 Å². The maximum absolute atomic E-state index is 13.5. The van der Waals surface area contributed by atoms with Gasteiger partial charge in [-0.1, -0.05) is 18.2 Å². The van der Waals surface area contributed by atoms with Gasteiger partial charge in [-0.05, 0) is 48.4 Å². The number of carbonyl (C=O) groups excluding carboxylic acids is 1. The average Bonchev–Trinajstić information content (AvgIpc) is 2.53. The van der Waals surface area contributed by atoms with Crippen molar-refractivity contribution < 1.29 is 18.3 Å². The Morgan fingerprint density at radius 3 is 2.48 bits per heavy atom. The second-order valence-corrected chi connectivity index (χ2v) is 5.01. The van der Waals surface area contributed by atoms with E-state index in [4.69, 9.17) is 4.74 Å². The molecule has 120 valence electrons. The van der Waals surface area contributed by atoms with E-state index in [2.05, 4.69) is 5.32 Å². The molecule has 0 aliphatic heterocycles. The van der Waals surface area contributed by atoms with Gasteiger partial charge in [0.1, 0.15) is 5.82 Å². The number of rotatable bonds is 5. The van der Waals surface area contributed by atoms with E-state index in [1.807, 2.05) is 0 Å². The van der Waals surface area contributed by atoms with Gasteiger partial charge in [-0.25, -0.2) is 8.78 Å². The van der Waals surface area contributed by atoms with Gasteiger partial charge < -0.3 is 10.1 Å². The van der Waals surface area contributed by atoms with Gasteiger partial charge in [-0.15, -0.1) is 0 Å². The molecule has 0 bridgehead atoms. The largest absolute Gasteiger partial charge is 0.494 e. The predicted octanol–water partition coefficient (Wildman–Crippen LogP) is 3.86. The number of halogens is 2. The summed E-state index contributed by atoms with van der Waals surface area (Å²) < 4.78 is 31.2. The summed E-state index contributed by atoms with van der Waals surface area (Å²) in [6, 6.07) is 10.1. The van der Waals surface area contributed by atoms with E-state index in [-0.39, 0.29) is 23.5 Å². The summed E-state index contributed by atoms with van der Waals surface area (Å²) in [5, 5.41) is 2.76. The Kier molecular flexibility index (Phi) is 5.46. The van der Waals surface area contributed by atoms with Crippen LogP contribution in [0.4, 0.5) is 8.78 Å². The molecule has 0 fully saturated rings. The number of amides is 1. The zero-order chi connectivity index (χ0) is 16.8. The Bertz CT molecular complexity index is 711. The maximum atomic E-state index is 13.5. The van der Waals surface area contributed by atoms with Crippen molar-refractivity contribution in [1.29, 1.82) is 0 Å². The third-order valence-electron chi connectivity index (χ3n) is 3.33. The van der Waals surface area contributed by atoms with Crippen molar-refractivity contribution in [2.75, 3.05) is 7.11 Å². The molecule has 2 rings (SSSR count). The molecule has 0 unspecified atom stereocenters. The molecular weight excluding hydrogens is 300 g/mol. The number of hydrogen-bond acceptors (Lipinski definition) is 2. The first-order valence-corrected chi connectivity index (χ1v) is 7.07. The number of ether oxygens (including phenoxy) is 1. The number of benzene rings is 2. The van der Waals surface area contributed by atoms with Crippen LogP contribution in [0, 0.1) is 11.6 Å². The zero-order valence-electron chi connectivity index (χ0n) is 12.8. The average molecular weight is 317 g/mol. The number of methoxy groups -OCH3 is 1. The van der Waals surface area contributed by atoms with Gasteiger partial charge in [-0.3, -0.25) is 4.79 Å². The first-order valence-electron chi connectivity index (χ1n) is 7.07. The van der Waals surface area contributed by atoms with Crippen LogP contribution in [0.3, 0.4) is 0 Å². The van der Waals surface area contributed by atoms with Gasteiger partial charge in [0.25, 0.3) is 0 Å². The number of nitrogens with one attached hydrogen (secondary N) is 1. The minimum Gasteiger partial charge on any atom is -0.494 e. The van der Waals surface area contributed by atoms with Gasteiger partial charge >= 0.3 is 0 Å². The van der Waals surface area contributed by atoms with Crippen molar-refractivity contribution in [3.63, 3.8) is 0 Å². The second-order valence-electron chi connectivity index (χ2n) is 5.01. The molecule has 0 aliphatic rings. The molecule has 0 spiro atoms. The minimum atomic E-state index is -0.491. The van der Waals surface area contributed by atoms with E-state index < -0.39 is 5.82 Å². The van der Waals surface area contributed by atoms with Crippen LogP contribution in [0.2, 0.25) is 0 Å². The van der Waals surface area contributed by atoms with Crippen molar-refractivity contribution in [2.45, 2.75) is 13.0 Å². The Morgan fingerprint density at radius 1 is 1.17 bits per heavy atom. The summed E-state index contributed by atoms with van der Waals surface area (Å²) in [5.74, 6) is -0.988. The van der Waals surface area contributed by atoms with E-state index in [1.54, 1.807) is 25.1 Å². The fourth-order valence-electron chi connectivity index (χ4n) is 2.05. The molecule has 2 aromatic carbocycles. The molecule has 5 heteroatoms. The molecule has 1 N–H and O–H groups in total. The molecule has 23 heavy (non-hydrogen) atoms. The molecule has 3 nitrogen and oxygen atoms in total. The van der Waals surface area contributed by atoms with Crippen LogP contribution in [0.5, 0.6) is 5.75 Å². The Labute approximate surface area is 133 Å². The van der Waals surface area contributed by atoms with E-state index in [9.17, 15) is 13.6 Å². The lowest BCUT2D eigenvalue weighted by Crippen LogP contribution is -2.24. The highest BCUT2D eigenvalue weighted by Crippen LogP contribution is 2.18. The van der Waals surface area contributed by atoms with Gasteiger partial charge in [0, 0.05) is 6.08 Å². The van der Waals surface area contributed by atoms with Crippen LogP contribution in [0.15, 0.2) is 48.5 Å². The van der Waals surface area contributed by atoms with Gasteiger partial charge in [-0.2, -0.15) is 0 Å².